The molecule has 1 aliphatic carbocycles. The highest BCUT2D eigenvalue weighted by Crippen LogP contribution is 2.27. The van der Waals surface area contributed by atoms with Gasteiger partial charge in [0.2, 0.25) is 5.91 Å². The van der Waals surface area contributed by atoms with Crippen LogP contribution in [0.15, 0.2) is 5.16 Å². The number of rotatable bonds is 7. The van der Waals surface area contributed by atoms with Crippen molar-refractivity contribution in [2.75, 3.05) is 13.2 Å². The lowest BCUT2D eigenvalue weighted by Crippen LogP contribution is -2.38. The first-order valence-corrected chi connectivity index (χ1v) is 5.92. The Labute approximate surface area is 101 Å². The van der Waals surface area contributed by atoms with Crippen molar-refractivity contribution in [2.45, 2.75) is 45.3 Å². The third-order valence-electron chi connectivity index (χ3n) is 2.59. The van der Waals surface area contributed by atoms with Gasteiger partial charge in [-0.3, -0.25) is 4.79 Å². The lowest BCUT2D eigenvalue weighted by molar-refractivity contribution is -0.138. The van der Waals surface area contributed by atoms with Crippen LogP contribution in [0.1, 0.15) is 33.1 Å². The highest BCUT2D eigenvalue weighted by atomic mass is 16.5. The van der Waals surface area contributed by atoms with Gasteiger partial charge in [0.1, 0.15) is 12.4 Å². The Morgan fingerprint density at radius 2 is 2.24 bits per heavy atom. The monoisotopic (exact) mass is 243 g/mol. The first-order chi connectivity index (χ1) is 8.04. The summed E-state index contributed by atoms with van der Waals surface area (Å²) in [5, 5.41) is 11.4. The van der Waals surface area contributed by atoms with Crippen molar-refractivity contribution >= 4 is 11.7 Å². The van der Waals surface area contributed by atoms with Gasteiger partial charge in [-0.2, -0.15) is 0 Å². The molecular weight excluding hydrogens is 222 g/mol. The summed E-state index contributed by atoms with van der Waals surface area (Å²) < 4.78 is 5.29. The zero-order valence-electron chi connectivity index (χ0n) is 10.4. The van der Waals surface area contributed by atoms with Crippen molar-refractivity contribution in [1.82, 2.24) is 4.90 Å². The second-order valence-corrected chi connectivity index (χ2v) is 4.52. The largest absolute Gasteiger partial charge is 0.409 e. The number of ether oxygens (including phenoxy) is 1. The first kappa shape index (κ1) is 13.8. The molecule has 1 rings (SSSR count). The van der Waals surface area contributed by atoms with Crippen LogP contribution in [0.3, 0.4) is 0 Å². The molecule has 0 aliphatic heterocycles. The van der Waals surface area contributed by atoms with Crippen LogP contribution < -0.4 is 5.73 Å². The fourth-order valence-corrected chi connectivity index (χ4v) is 1.50. The maximum Gasteiger partial charge on any atom is 0.248 e. The van der Waals surface area contributed by atoms with Gasteiger partial charge in [-0.1, -0.05) is 5.16 Å². The molecule has 0 saturated heterocycles. The Kier molecular flexibility index (Phi) is 5.21. The van der Waals surface area contributed by atoms with Gasteiger partial charge >= 0.3 is 0 Å². The Balaban J connectivity index is 2.39. The SMILES string of the molecule is CC(C)OCC(=O)N(CCC(N)=NO)C1CC1. The highest BCUT2D eigenvalue weighted by Gasteiger charge is 2.32. The molecule has 98 valence electrons. The van der Waals surface area contributed by atoms with E-state index in [0.29, 0.717) is 19.0 Å². The molecular formula is C11H21N3O3. The van der Waals surface area contributed by atoms with E-state index in [1.54, 1.807) is 4.90 Å². The summed E-state index contributed by atoms with van der Waals surface area (Å²) in [7, 11) is 0. The molecule has 0 bridgehead atoms. The molecule has 0 atom stereocenters. The molecule has 1 fully saturated rings. The molecule has 6 nitrogen and oxygen atoms in total. The molecule has 0 aromatic rings. The maximum absolute atomic E-state index is 11.9. The summed E-state index contributed by atoms with van der Waals surface area (Å²) in [6.07, 6.45) is 2.50. The summed E-state index contributed by atoms with van der Waals surface area (Å²) in [6.45, 7) is 4.38. The van der Waals surface area contributed by atoms with Crippen molar-refractivity contribution in [3.63, 3.8) is 0 Å². The Bertz CT molecular complexity index is 288. The maximum atomic E-state index is 11.9. The zero-order valence-corrected chi connectivity index (χ0v) is 10.4. The minimum Gasteiger partial charge on any atom is -0.409 e. The Morgan fingerprint density at radius 3 is 2.71 bits per heavy atom. The normalized spacial score (nSPS) is 16.3. The van der Waals surface area contributed by atoms with Crippen molar-refractivity contribution in [3.8, 4) is 0 Å². The standard InChI is InChI=1S/C11H21N3O3/c1-8(2)17-7-11(15)14(9-3-4-9)6-5-10(12)13-16/h8-9,16H,3-7H2,1-2H3,(H2,12,13). The second-order valence-electron chi connectivity index (χ2n) is 4.52. The van der Waals surface area contributed by atoms with Gasteiger partial charge in [-0.05, 0) is 26.7 Å². The zero-order chi connectivity index (χ0) is 12.8. The molecule has 17 heavy (non-hydrogen) atoms. The van der Waals surface area contributed by atoms with Crippen LogP contribution in [0.2, 0.25) is 0 Å². The molecule has 0 aromatic carbocycles. The predicted molar refractivity (Wildman–Crippen MR) is 63.8 cm³/mol. The summed E-state index contributed by atoms with van der Waals surface area (Å²) in [5.74, 6) is 0.125. The highest BCUT2D eigenvalue weighted by molar-refractivity contribution is 5.82. The molecule has 0 radical (unpaired) electrons. The van der Waals surface area contributed by atoms with Crippen LogP contribution in [0, 0.1) is 0 Å². The van der Waals surface area contributed by atoms with E-state index >= 15 is 0 Å². The van der Waals surface area contributed by atoms with Crippen LogP contribution in [0.25, 0.3) is 0 Å². The van der Waals surface area contributed by atoms with Crippen LogP contribution >= 0.6 is 0 Å². The number of carbonyl (C=O) groups is 1. The number of carbonyl (C=O) groups excluding carboxylic acids is 1. The topological polar surface area (TPSA) is 88.2 Å². The predicted octanol–water partition coefficient (Wildman–Crippen LogP) is 0.539. The van der Waals surface area contributed by atoms with Crippen molar-refractivity contribution in [3.05, 3.63) is 0 Å². The van der Waals surface area contributed by atoms with E-state index in [2.05, 4.69) is 5.16 Å². The van der Waals surface area contributed by atoms with Gasteiger partial charge in [0, 0.05) is 19.0 Å². The van der Waals surface area contributed by atoms with Crippen LogP contribution in [0.4, 0.5) is 0 Å². The number of amides is 1. The van der Waals surface area contributed by atoms with Crippen LogP contribution in [-0.2, 0) is 9.53 Å². The third-order valence-corrected chi connectivity index (χ3v) is 2.59. The smallest absolute Gasteiger partial charge is 0.248 e. The third kappa shape index (κ3) is 5.04. The molecule has 1 aliphatic rings. The van der Waals surface area contributed by atoms with Crippen LogP contribution in [0.5, 0.6) is 0 Å². The van der Waals surface area contributed by atoms with Crippen molar-refractivity contribution < 1.29 is 14.7 Å². The second kappa shape index (κ2) is 6.44. The number of oxime groups is 1. The van der Waals surface area contributed by atoms with E-state index in [1.165, 1.54) is 0 Å². The quantitative estimate of drug-likeness (QED) is 0.295. The number of amidine groups is 1. The summed E-state index contributed by atoms with van der Waals surface area (Å²) in [5.41, 5.74) is 5.39. The van der Waals surface area contributed by atoms with Gasteiger partial charge in [0.05, 0.1) is 6.10 Å². The molecule has 0 unspecified atom stereocenters. The number of hydrogen-bond donors (Lipinski definition) is 2. The molecule has 3 N–H and O–H groups in total. The summed E-state index contributed by atoms with van der Waals surface area (Å²) in [4.78, 5) is 13.7. The van der Waals surface area contributed by atoms with Gasteiger partial charge in [-0.25, -0.2) is 0 Å². The minimum atomic E-state index is -0.0214. The fourth-order valence-electron chi connectivity index (χ4n) is 1.50. The minimum absolute atomic E-state index is 0.0214. The molecule has 6 heteroatoms. The average Bonchev–Trinajstić information content (AvgIpc) is 3.10. The summed E-state index contributed by atoms with van der Waals surface area (Å²) in [6, 6.07) is 0.310. The van der Waals surface area contributed by atoms with E-state index in [-0.39, 0.29) is 24.5 Å². The first-order valence-electron chi connectivity index (χ1n) is 5.92. The molecule has 0 heterocycles. The van der Waals surface area contributed by atoms with E-state index in [0.717, 1.165) is 12.8 Å². The fraction of sp³-hybridized carbons (Fsp3) is 0.818. The van der Waals surface area contributed by atoms with Gasteiger partial charge < -0.3 is 20.6 Å². The van der Waals surface area contributed by atoms with E-state index in [4.69, 9.17) is 15.7 Å². The number of hydrogen-bond acceptors (Lipinski definition) is 4. The molecule has 1 amide bonds. The number of nitrogens with zero attached hydrogens (tertiary/aromatic N) is 2. The molecule has 1 saturated carbocycles. The Hall–Kier alpha value is -1.30. The van der Waals surface area contributed by atoms with Crippen molar-refractivity contribution in [2.24, 2.45) is 10.9 Å². The molecule has 0 spiro atoms. The van der Waals surface area contributed by atoms with E-state index in [9.17, 15) is 4.79 Å². The van der Waals surface area contributed by atoms with Gasteiger partial charge in [0.25, 0.3) is 0 Å². The van der Waals surface area contributed by atoms with E-state index < -0.39 is 0 Å². The molecule has 0 aromatic heterocycles. The summed E-state index contributed by atoms with van der Waals surface area (Å²) >= 11 is 0. The lowest BCUT2D eigenvalue weighted by Gasteiger charge is -2.22. The van der Waals surface area contributed by atoms with Crippen LogP contribution in [-0.4, -0.2) is 47.1 Å². The number of nitrogens with two attached hydrogens (primary N) is 1. The average molecular weight is 243 g/mol. The van der Waals surface area contributed by atoms with E-state index in [1.807, 2.05) is 13.8 Å². The lowest BCUT2D eigenvalue weighted by atomic mass is 10.3. The van der Waals surface area contributed by atoms with Gasteiger partial charge in [-0.15, -0.1) is 0 Å². The van der Waals surface area contributed by atoms with Gasteiger partial charge in [0.15, 0.2) is 0 Å². The van der Waals surface area contributed by atoms with Crippen molar-refractivity contribution in [1.29, 1.82) is 0 Å². The Morgan fingerprint density at radius 1 is 1.59 bits per heavy atom.